The van der Waals surface area contributed by atoms with E-state index in [-0.39, 0.29) is 24.0 Å². The second-order valence-corrected chi connectivity index (χ2v) is 8.19. The Hall–Kier alpha value is 0.980. The molecule has 0 aliphatic carbocycles. The first-order valence-electron chi connectivity index (χ1n) is 11.2. The summed E-state index contributed by atoms with van der Waals surface area (Å²) >= 11 is 5.96. The first-order valence-corrected chi connectivity index (χ1v) is 11.7. The Morgan fingerprint density at radius 1 is 0.480 bits per heavy atom. The Bertz CT molecular complexity index is 217. The van der Waals surface area contributed by atoms with E-state index < -0.39 is 0 Å². The minimum atomic E-state index is 0. The number of alkyl halides is 1. The van der Waals surface area contributed by atoms with Crippen molar-refractivity contribution in [2.75, 3.05) is 32.1 Å². The van der Waals surface area contributed by atoms with Gasteiger partial charge in [-0.15, -0.1) is 11.6 Å². The van der Waals surface area contributed by atoms with Gasteiger partial charge in [-0.2, -0.15) is 0 Å². The molecule has 0 aliphatic heterocycles. The molecule has 3 heteroatoms. The lowest BCUT2D eigenvalue weighted by Gasteiger charge is -2.39. The van der Waals surface area contributed by atoms with Gasteiger partial charge in [0.2, 0.25) is 0 Å². The van der Waals surface area contributed by atoms with E-state index in [1.54, 1.807) is 0 Å². The molecule has 0 aliphatic rings. The third-order valence-electron chi connectivity index (χ3n) is 5.47. The van der Waals surface area contributed by atoms with Crippen LogP contribution in [0.2, 0.25) is 0 Å². The van der Waals surface area contributed by atoms with Crippen LogP contribution in [0.25, 0.3) is 0 Å². The van der Waals surface area contributed by atoms with Gasteiger partial charge < -0.3 is 28.5 Å². The fourth-order valence-electron chi connectivity index (χ4n) is 3.83. The molecule has 25 heavy (non-hydrogen) atoms. The normalized spacial score (nSPS) is 11.5. The second-order valence-electron chi connectivity index (χ2n) is 7.81. The lowest BCUT2D eigenvalue weighted by molar-refractivity contribution is -0.929. The van der Waals surface area contributed by atoms with Crippen LogP contribution in [0.15, 0.2) is 0 Å². The maximum atomic E-state index is 5.96. The third kappa shape index (κ3) is 16.8. The molecule has 0 heterocycles. The molecular weight excluding hydrogens is 441 g/mol. The highest BCUT2D eigenvalue weighted by Gasteiger charge is 2.25. The molecule has 0 rings (SSSR count). The van der Waals surface area contributed by atoms with Crippen molar-refractivity contribution in [3.63, 3.8) is 0 Å². The molecule has 154 valence electrons. The van der Waals surface area contributed by atoms with Crippen molar-refractivity contribution in [2.24, 2.45) is 0 Å². The smallest absolute Gasteiger partial charge is 0.0787 e. The van der Waals surface area contributed by atoms with E-state index in [0.717, 1.165) is 5.88 Å². The first kappa shape index (κ1) is 28.2. The van der Waals surface area contributed by atoms with Crippen LogP contribution in [-0.2, 0) is 0 Å². The largest absolute Gasteiger partial charge is 1.00 e. The predicted octanol–water partition coefficient (Wildman–Crippen LogP) is 4.57. The lowest BCUT2D eigenvalue weighted by atomic mass is 10.1. The number of hydrogen-bond acceptors (Lipinski definition) is 0. The molecule has 0 unspecified atom stereocenters. The van der Waals surface area contributed by atoms with Crippen LogP contribution in [0.3, 0.4) is 0 Å². The SMILES string of the molecule is CCCCCC[N+](CCCCCl)(CCCCCC)CCCCCC.[I-]. The summed E-state index contributed by atoms with van der Waals surface area (Å²) in [4.78, 5) is 0. The number of halogens is 2. The quantitative estimate of drug-likeness (QED) is 0.108. The summed E-state index contributed by atoms with van der Waals surface area (Å²) in [6.07, 6.45) is 19.3. The standard InChI is InChI=1S/C22H47ClN.HI/c1-4-7-10-14-19-24(22-17-13-18-23,20-15-11-8-5-2)21-16-12-9-6-3;/h4-22H2,1-3H3;1H/q+1;/p-1. The van der Waals surface area contributed by atoms with Crippen molar-refractivity contribution >= 4 is 11.6 Å². The van der Waals surface area contributed by atoms with Gasteiger partial charge in [0.25, 0.3) is 0 Å². The summed E-state index contributed by atoms with van der Waals surface area (Å²) in [5.41, 5.74) is 0. The predicted molar refractivity (Wildman–Crippen MR) is 112 cm³/mol. The van der Waals surface area contributed by atoms with E-state index in [1.807, 2.05) is 0 Å². The zero-order valence-corrected chi connectivity index (χ0v) is 20.6. The number of unbranched alkanes of at least 4 members (excludes halogenated alkanes) is 10. The lowest BCUT2D eigenvalue weighted by Crippen LogP contribution is -3.00. The molecule has 1 nitrogen and oxygen atoms in total. The fourth-order valence-corrected chi connectivity index (χ4v) is 4.02. The van der Waals surface area contributed by atoms with Crippen molar-refractivity contribution in [1.29, 1.82) is 0 Å². The maximum absolute atomic E-state index is 5.96. The van der Waals surface area contributed by atoms with Gasteiger partial charge in [0.1, 0.15) is 0 Å². The van der Waals surface area contributed by atoms with Crippen LogP contribution >= 0.6 is 11.6 Å². The molecular formula is C22H47ClIN. The minimum absolute atomic E-state index is 0. The Labute approximate surface area is 182 Å². The molecule has 0 fully saturated rings. The van der Waals surface area contributed by atoms with E-state index in [4.69, 9.17) is 11.6 Å². The zero-order chi connectivity index (χ0) is 17.9. The number of rotatable bonds is 19. The van der Waals surface area contributed by atoms with Crippen molar-refractivity contribution in [1.82, 2.24) is 0 Å². The van der Waals surface area contributed by atoms with Gasteiger partial charge in [0, 0.05) is 5.88 Å². The van der Waals surface area contributed by atoms with E-state index in [0.29, 0.717) is 0 Å². The van der Waals surface area contributed by atoms with Crippen LogP contribution in [0.5, 0.6) is 0 Å². The van der Waals surface area contributed by atoms with Gasteiger partial charge in [0.05, 0.1) is 26.2 Å². The molecule has 0 saturated heterocycles. The summed E-state index contributed by atoms with van der Waals surface area (Å²) in [5.74, 6) is 0.835. The summed E-state index contributed by atoms with van der Waals surface area (Å²) < 4.78 is 1.40. The fraction of sp³-hybridized carbons (Fsp3) is 1.00. The van der Waals surface area contributed by atoms with Crippen LogP contribution in [0.4, 0.5) is 0 Å². The van der Waals surface area contributed by atoms with Crippen molar-refractivity contribution in [2.45, 2.75) is 111 Å². The van der Waals surface area contributed by atoms with E-state index in [2.05, 4.69) is 20.8 Å². The van der Waals surface area contributed by atoms with Gasteiger partial charge in [-0.25, -0.2) is 0 Å². The third-order valence-corrected chi connectivity index (χ3v) is 5.74. The van der Waals surface area contributed by atoms with Crippen molar-refractivity contribution in [3.05, 3.63) is 0 Å². The zero-order valence-electron chi connectivity index (χ0n) is 17.6. The first-order chi connectivity index (χ1) is 11.7. The topological polar surface area (TPSA) is 0 Å². The molecule has 0 saturated carbocycles. The monoisotopic (exact) mass is 487 g/mol. The highest BCUT2D eigenvalue weighted by Crippen LogP contribution is 2.19. The Morgan fingerprint density at radius 3 is 1.08 bits per heavy atom. The molecule has 0 bridgehead atoms. The van der Waals surface area contributed by atoms with E-state index in [1.165, 1.54) is 121 Å². The summed E-state index contributed by atoms with van der Waals surface area (Å²) in [7, 11) is 0. The molecule has 0 spiro atoms. The molecule has 0 aromatic rings. The summed E-state index contributed by atoms with van der Waals surface area (Å²) in [6.45, 7) is 12.6. The number of quaternary nitrogens is 1. The van der Waals surface area contributed by atoms with Crippen LogP contribution < -0.4 is 24.0 Å². The maximum Gasteiger partial charge on any atom is 0.0787 e. The summed E-state index contributed by atoms with van der Waals surface area (Å²) in [5, 5.41) is 0. The van der Waals surface area contributed by atoms with Crippen molar-refractivity contribution in [3.8, 4) is 0 Å². The van der Waals surface area contributed by atoms with E-state index >= 15 is 0 Å². The second kappa shape index (κ2) is 21.3. The highest BCUT2D eigenvalue weighted by atomic mass is 127. The Morgan fingerprint density at radius 2 is 0.800 bits per heavy atom. The number of nitrogens with zero attached hydrogens (tertiary/aromatic N) is 1. The van der Waals surface area contributed by atoms with Gasteiger partial charge in [0.15, 0.2) is 0 Å². The van der Waals surface area contributed by atoms with Crippen LogP contribution in [-0.4, -0.2) is 36.5 Å². The molecule has 0 aromatic heterocycles. The molecule has 0 atom stereocenters. The van der Waals surface area contributed by atoms with Gasteiger partial charge in [-0.1, -0.05) is 59.3 Å². The van der Waals surface area contributed by atoms with Crippen LogP contribution in [0, 0.1) is 0 Å². The van der Waals surface area contributed by atoms with Gasteiger partial charge in [-0.3, -0.25) is 0 Å². The molecule has 0 amide bonds. The van der Waals surface area contributed by atoms with E-state index in [9.17, 15) is 0 Å². The Balaban J connectivity index is 0. The summed E-state index contributed by atoms with van der Waals surface area (Å²) in [6, 6.07) is 0. The van der Waals surface area contributed by atoms with Gasteiger partial charge in [-0.05, 0) is 51.4 Å². The molecule has 0 radical (unpaired) electrons. The number of hydrogen-bond donors (Lipinski definition) is 0. The van der Waals surface area contributed by atoms with Crippen molar-refractivity contribution < 1.29 is 28.5 Å². The Kier molecular flexibility index (Phi) is 24.0. The molecule has 0 aromatic carbocycles. The van der Waals surface area contributed by atoms with Crippen LogP contribution in [0.1, 0.15) is 111 Å². The minimum Gasteiger partial charge on any atom is -1.00 e. The highest BCUT2D eigenvalue weighted by molar-refractivity contribution is 6.17. The average molecular weight is 488 g/mol. The van der Waals surface area contributed by atoms with Gasteiger partial charge >= 0.3 is 0 Å². The molecule has 0 N–H and O–H groups in total. The average Bonchev–Trinajstić information content (AvgIpc) is 2.60.